The lowest BCUT2D eigenvalue weighted by molar-refractivity contribution is -0.0601. The van der Waals surface area contributed by atoms with Gasteiger partial charge in [-0.05, 0) is 62.0 Å². The molecule has 0 aliphatic carbocycles. The molecule has 0 aromatic heterocycles. The van der Waals surface area contributed by atoms with Crippen LogP contribution in [0.2, 0.25) is 0 Å². The molecule has 0 radical (unpaired) electrons. The molecule has 212 valence electrons. The standard InChI is InChI=1S/C30H37N5O4S/c1-5-21-8-11-23(12-9-21)40(4,38)33-26-24-20-22(10-13-25(24)39-30(2,3)27(26)36)28(37)34-16-18-35(19-17-34)29-31-14-6-7-15-32-29/h6,8-15,20,26-27,36H,4-5,7,16-19H2,1-3H3,(H,33,38)/t26-,27+,40?/m1/s1. The van der Waals surface area contributed by atoms with E-state index >= 15 is 0 Å². The first-order valence-electron chi connectivity index (χ1n) is 13.6. The molecule has 2 aromatic rings. The maximum Gasteiger partial charge on any atom is 0.253 e. The summed E-state index contributed by atoms with van der Waals surface area (Å²) in [6, 6.07) is 11.9. The highest BCUT2D eigenvalue weighted by atomic mass is 32.2. The second-order valence-electron chi connectivity index (χ2n) is 10.8. The molecule has 40 heavy (non-hydrogen) atoms. The van der Waals surface area contributed by atoms with Gasteiger partial charge in [0.25, 0.3) is 5.91 Å². The van der Waals surface area contributed by atoms with Gasteiger partial charge >= 0.3 is 0 Å². The summed E-state index contributed by atoms with van der Waals surface area (Å²) in [6.45, 7) is 7.94. The zero-order valence-electron chi connectivity index (χ0n) is 23.2. The van der Waals surface area contributed by atoms with Crippen molar-refractivity contribution >= 4 is 33.7 Å². The Balaban J connectivity index is 1.37. The summed E-state index contributed by atoms with van der Waals surface area (Å²) >= 11 is 0. The molecule has 10 heteroatoms. The van der Waals surface area contributed by atoms with Gasteiger partial charge in [-0.2, -0.15) is 0 Å². The monoisotopic (exact) mass is 563 g/mol. The van der Waals surface area contributed by atoms with E-state index in [4.69, 9.17) is 4.74 Å². The van der Waals surface area contributed by atoms with Gasteiger partial charge in [0.15, 0.2) is 0 Å². The van der Waals surface area contributed by atoms with E-state index in [-0.39, 0.29) is 5.91 Å². The Hall–Kier alpha value is -3.47. The Morgan fingerprint density at radius 2 is 1.90 bits per heavy atom. The van der Waals surface area contributed by atoms with Crippen LogP contribution in [0.25, 0.3) is 0 Å². The predicted octanol–water partition coefficient (Wildman–Crippen LogP) is 3.20. The fourth-order valence-corrected chi connectivity index (χ4v) is 6.52. The smallest absolute Gasteiger partial charge is 0.253 e. The Labute approximate surface area is 236 Å². The summed E-state index contributed by atoms with van der Waals surface area (Å²) in [7, 11) is -2.98. The lowest BCUT2D eigenvalue weighted by Gasteiger charge is -2.43. The van der Waals surface area contributed by atoms with E-state index in [1.807, 2.05) is 24.4 Å². The third kappa shape index (κ3) is 5.70. The Morgan fingerprint density at radius 3 is 2.60 bits per heavy atom. The molecule has 1 fully saturated rings. The molecule has 3 heterocycles. The number of aliphatic hydroxyl groups excluding tert-OH is 1. The number of fused-ring (bicyclic) bond motifs is 1. The van der Waals surface area contributed by atoms with Gasteiger partial charge in [0.2, 0.25) is 5.96 Å². The van der Waals surface area contributed by atoms with Crippen molar-refractivity contribution in [1.82, 2.24) is 14.5 Å². The van der Waals surface area contributed by atoms with Crippen LogP contribution >= 0.6 is 0 Å². The van der Waals surface area contributed by atoms with E-state index in [2.05, 4.69) is 32.4 Å². The van der Waals surface area contributed by atoms with Crippen molar-refractivity contribution < 1.29 is 18.8 Å². The minimum absolute atomic E-state index is 0.114. The molecular weight excluding hydrogens is 526 g/mol. The number of aryl methyl sites for hydroxylation is 1. The van der Waals surface area contributed by atoms with Crippen LogP contribution < -0.4 is 9.46 Å². The van der Waals surface area contributed by atoms with Crippen LogP contribution in [0.4, 0.5) is 0 Å². The summed E-state index contributed by atoms with van der Waals surface area (Å²) in [5.74, 6) is 5.07. The van der Waals surface area contributed by atoms with Crippen LogP contribution in [0.5, 0.6) is 5.75 Å². The van der Waals surface area contributed by atoms with Crippen molar-refractivity contribution in [2.45, 2.75) is 56.3 Å². The van der Waals surface area contributed by atoms with Crippen LogP contribution in [0, 0.1) is 0 Å². The maximum atomic E-state index is 13.8. The summed E-state index contributed by atoms with van der Waals surface area (Å²) < 4.78 is 23.0. The molecule has 9 nitrogen and oxygen atoms in total. The minimum atomic E-state index is -2.98. The normalized spacial score (nSPS) is 23.4. The Bertz CT molecular complexity index is 1460. The SMILES string of the molecule is C=S(=O)(N[C@@H]1c2cc(C(=O)N3CCN(C4=NC=CCC=N4)CC3)ccc2OC(C)(C)[C@H]1O)c1ccc(CC)cc1. The van der Waals surface area contributed by atoms with Gasteiger partial charge in [-0.25, -0.2) is 18.9 Å². The second-order valence-corrected chi connectivity index (χ2v) is 12.9. The number of aliphatic imine (C=N–C) groups is 2. The first kappa shape index (κ1) is 28.1. The second kappa shape index (κ2) is 11.2. The zero-order valence-corrected chi connectivity index (χ0v) is 24.1. The number of allylic oxidation sites excluding steroid dienone is 1. The number of carbonyl (C=O) groups is 1. The van der Waals surface area contributed by atoms with Gasteiger partial charge in [-0.3, -0.25) is 4.79 Å². The molecular formula is C30H37N5O4S. The molecule has 1 saturated heterocycles. The molecule has 0 saturated carbocycles. The maximum absolute atomic E-state index is 13.8. The molecule has 3 atom stereocenters. The molecule has 0 bridgehead atoms. The van der Waals surface area contributed by atoms with Gasteiger partial charge in [0.1, 0.15) is 17.5 Å². The van der Waals surface area contributed by atoms with Gasteiger partial charge in [0, 0.05) is 61.0 Å². The third-order valence-corrected chi connectivity index (χ3v) is 9.28. The fourth-order valence-electron chi connectivity index (χ4n) is 5.14. The van der Waals surface area contributed by atoms with E-state index in [0.717, 1.165) is 18.4 Å². The molecule has 0 spiro atoms. The van der Waals surface area contributed by atoms with Crippen LogP contribution in [-0.2, 0) is 16.1 Å². The molecule has 3 aliphatic heterocycles. The lowest BCUT2D eigenvalue weighted by Crippen LogP contribution is -2.53. The number of aliphatic hydroxyl groups is 1. The van der Waals surface area contributed by atoms with Crippen LogP contribution in [0.3, 0.4) is 0 Å². The average molecular weight is 564 g/mol. The third-order valence-electron chi connectivity index (χ3n) is 7.62. The van der Waals surface area contributed by atoms with E-state index in [1.54, 1.807) is 55.3 Å². The first-order valence-corrected chi connectivity index (χ1v) is 15.4. The number of guanidine groups is 1. The average Bonchev–Trinajstić information content (AvgIpc) is 3.25. The Kier molecular flexibility index (Phi) is 7.85. The summed E-state index contributed by atoms with van der Waals surface area (Å²) in [5, 5.41) is 11.3. The number of rotatable bonds is 5. The highest BCUT2D eigenvalue weighted by Crippen LogP contribution is 2.41. The number of benzene rings is 2. The summed E-state index contributed by atoms with van der Waals surface area (Å²) in [6.07, 6.45) is 6.13. The highest BCUT2D eigenvalue weighted by molar-refractivity contribution is 7.98. The number of hydrogen-bond acceptors (Lipinski definition) is 7. The van der Waals surface area contributed by atoms with E-state index in [9.17, 15) is 14.1 Å². The number of ether oxygens (including phenoxy) is 1. The largest absolute Gasteiger partial charge is 0.485 e. The van der Waals surface area contributed by atoms with Gasteiger partial charge < -0.3 is 19.6 Å². The van der Waals surface area contributed by atoms with Crippen LogP contribution in [0.1, 0.15) is 54.7 Å². The van der Waals surface area contributed by atoms with Gasteiger partial charge in [-0.1, -0.05) is 25.1 Å². The van der Waals surface area contributed by atoms with Crippen molar-refractivity contribution in [2.24, 2.45) is 9.98 Å². The predicted molar refractivity (Wildman–Crippen MR) is 160 cm³/mol. The minimum Gasteiger partial charge on any atom is -0.485 e. The number of hydrogen-bond donors (Lipinski definition) is 2. The molecule has 2 aromatic carbocycles. The van der Waals surface area contributed by atoms with Crippen LogP contribution in [-0.4, -0.2) is 81.0 Å². The number of nitrogens with one attached hydrogen (secondary N) is 1. The van der Waals surface area contributed by atoms with Crippen molar-refractivity contribution in [3.8, 4) is 5.75 Å². The molecule has 3 aliphatic rings. The first-order chi connectivity index (χ1) is 19.1. The fraction of sp³-hybridized carbons (Fsp3) is 0.400. The summed E-state index contributed by atoms with van der Waals surface area (Å²) in [5.41, 5.74) is 1.23. The van der Waals surface area contributed by atoms with Gasteiger partial charge in [0.05, 0.1) is 15.7 Å². The van der Waals surface area contributed by atoms with E-state index in [1.165, 1.54) is 0 Å². The van der Waals surface area contributed by atoms with E-state index < -0.39 is 27.5 Å². The molecule has 1 amide bonds. The number of nitrogens with zero attached hydrogens (tertiary/aromatic N) is 4. The van der Waals surface area contributed by atoms with Crippen molar-refractivity contribution in [3.63, 3.8) is 0 Å². The van der Waals surface area contributed by atoms with Crippen molar-refractivity contribution in [2.75, 3.05) is 26.2 Å². The van der Waals surface area contributed by atoms with Crippen LogP contribution in [0.15, 0.2) is 69.6 Å². The zero-order chi connectivity index (χ0) is 28.5. The molecule has 1 unspecified atom stereocenters. The molecule has 5 rings (SSSR count). The van der Waals surface area contributed by atoms with Crippen molar-refractivity contribution in [1.29, 1.82) is 0 Å². The summed E-state index contributed by atoms with van der Waals surface area (Å²) in [4.78, 5) is 26.8. The van der Waals surface area contributed by atoms with Crippen molar-refractivity contribution in [3.05, 3.63) is 71.4 Å². The number of piperazine rings is 1. The topological polar surface area (TPSA) is 107 Å². The highest BCUT2D eigenvalue weighted by Gasteiger charge is 2.44. The quantitative estimate of drug-likeness (QED) is 0.544. The number of carbonyl (C=O) groups excluding carboxylic acids is 1. The lowest BCUT2D eigenvalue weighted by atomic mass is 9.86. The Morgan fingerprint density at radius 1 is 1.18 bits per heavy atom. The molecule has 2 N–H and O–H groups in total. The van der Waals surface area contributed by atoms with Gasteiger partial charge in [-0.15, -0.1) is 0 Å². The van der Waals surface area contributed by atoms with E-state index in [0.29, 0.717) is 53.9 Å². The number of amides is 1.